The average Bonchev–Trinajstić information content (AvgIpc) is 2.16. The Labute approximate surface area is 73.1 Å². The van der Waals surface area contributed by atoms with Crippen molar-refractivity contribution >= 4 is 6.08 Å². The monoisotopic (exact) mass is 162 g/mol. The molecule has 1 rings (SSSR count). The quantitative estimate of drug-likeness (QED) is 0.739. The minimum atomic E-state index is 0.0270. The van der Waals surface area contributed by atoms with E-state index in [1.807, 2.05) is 19.1 Å². The van der Waals surface area contributed by atoms with Crippen molar-refractivity contribution in [3.63, 3.8) is 0 Å². The van der Waals surface area contributed by atoms with Gasteiger partial charge in [0.2, 0.25) is 0 Å². The second-order valence-electron chi connectivity index (χ2n) is 2.70. The molecular weight excluding hydrogens is 148 g/mol. The second-order valence-corrected chi connectivity index (χ2v) is 2.70. The zero-order valence-electron chi connectivity index (χ0n) is 7.33. The Morgan fingerprint density at radius 1 is 1.75 bits per heavy atom. The topological polar surface area (TPSA) is 38.9 Å². The Morgan fingerprint density at radius 3 is 3.08 bits per heavy atom. The molecule has 1 atom stereocenters. The summed E-state index contributed by atoms with van der Waals surface area (Å²) in [6.07, 6.45) is 4.45. The van der Waals surface area contributed by atoms with Gasteiger partial charge in [-0.3, -0.25) is 4.98 Å². The summed E-state index contributed by atoms with van der Waals surface area (Å²) in [5, 5.41) is 0. The predicted molar refractivity (Wildman–Crippen MR) is 51.5 cm³/mol. The predicted octanol–water partition coefficient (Wildman–Crippen LogP) is 2.13. The van der Waals surface area contributed by atoms with Crippen LogP contribution in [0, 0.1) is 0 Å². The van der Waals surface area contributed by atoms with E-state index in [-0.39, 0.29) is 6.04 Å². The minimum Gasteiger partial charge on any atom is -0.323 e. The Bertz CT molecular complexity index is 268. The zero-order chi connectivity index (χ0) is 8.97. The normalized spacial score (nSPS) is 12.5. The second kappa shape index (κ2) is 4.02. The van der Waals surface area contributed by atoms with Crippen LogP contribution in [0.1, 0.15) is 30.6 Å². The molecule has 2 heteroatoms. The highest BCUT2D eigenvalue weighted by atomic mass is 14.8. The van der Waals surface area contributed by atoms with E-state index in [0.29, 0.717) is 0 Å². The van der Waals surface area contributed by atoms with Gasteiger partial charge in [0.15, 0.2) is 0 Å². The van der Waals surface area contributed by atoms with Gasteiger partial charge in [-0.05, 0) is 18.1 Å². The molecule has 1 aromatic heterocycles. The van der Waals surface area contributed by atoms with E-state index in [1.54, 1.807) is 12.3 Å². The van der Waals surface area contributed by atoms with Crippen molar-refractivity contribution in [3.05, 3.63) is 36.2 Å². The van der Waals surface area contributed by atoms with E-state index >= 15 is 0 Å². The number of aromatic nitrogens is 1. The molecule has 1 aromatic rings. The maximum absolute atomic E-state index is 5.86. The summed E-state index contributed by atoms with van der Waals surface area (Å²) < 4.78 is 0. The van der Waals surface area contributed by atoms with Crippen molar-refractivity contribution in [3.8, 4) is 0 Å². The molecule has 12 heavy (non-hydrogen) atoms. The lowest BCUT2D eigenvalue weighted by molar-refractivity contribution is 0.674. The van der Waals surface area contributed by atoms with E-state index < -0.39 is 0 Å². The lowest BCUT2D eigenvalue weighted by atomic mass is 10.1. The lowest BCUT2D eigenvalue weighted by Gasteiger charge is -2.10. The third-order valence-corrected chi connectivity index (χ3v) is 1.88. The highest BCUT2D eigenvalue weighted by Crippen LogP contribution is 2.16. The van der Waals surface area contributed by atoms with Crippen molar-refractivity contribution in [2.45, 2.75) is 19.4 Å². The summed E-state index contributed by atoms with van der Waals surface area (Å²) in [4.78, 5) is 4.22. The molecule has 0 fully saturated rings. The van der Waals surface area contributed by atoms with Crippen molar-refractivity contribution in [1.82, 2.24) is 4.98 Å². The van der Waals surface area contributed by atoms with Crippen LogP contribution in [0.2, 0.25) is 0 Å². The molecule has 64 valence electrons. The minimum absolute atomic E-state index is 0.0270. The van der Waals surface area contributed by atoms with Crippen LogP contribution in [0.25, 0.3) is 6.08 Å². The lowest BCUT2D eigenvalue weighted by Crippen LogP contribution is -2.11. The van der Waals surface area contributed by atoms with Gasteiger partial charge >= 0.3 is 0 Å². The first-order valence-electron chi connectivity index (χ1n) is 4.12. The van der Waals surface area contributed by atoms with Gasteiger partial charge in [0.05, 0.1) is 5.69 Å². The van der Waals surface area contributed by atoms with Crippen LogP contribution >= 0.6 is 0 Å². The van der Waals surface area contributed by atoms with Gasteiger partial charge in [0.25, 0.3) is 0 Å². The van der Waals surface area contributed by atoms with Crippen LogP contribution in [-0.2, 0) is 0 Å². The Balaban J connectivity index is 3.04. The first kappa shape index (κ1) is 8.94. The summed E-state index contributed by atoms with van der Waals surface area (Å²) in [6, 6.07) is 3.90. The Kier molecular flexibility index (Phi) is 3.00. The Morgan fingerprint density at radius 2 is 2.50 bits per heavy atom. The van der Waals surface area contributed by atoms with E-state index in [0.717, 1.165) is 17.7 Å². The molecular formula is C10H14N2. The molecule has 0 spiro atoms. The highest BCUT2D eigenvalue weighted by Gasteiger charge is 2.07. The summed E-state index contributed by atoms with van der Waals surface area (Å²) >= 11 is 0. The van der Waals surface area contributed by atoms with Gasteiger partial charge in [0, 0.05) is 12.2 Å². The molecule has 0 radical (unpaired) electrons. The first-order valence-corrected chi connectivity index (χ1v) is 4.12. The fraction of sp³-hybridized carbons (Fsp3) is 0.300. The van der Waals surface area contributed by atoms with E-state index in [4.69, 9.17) is 5.73 Å². The van der Waals surface area contributed by atoms with Gasteiger partial charge in [-0.25, -0.2) is 0 Å². The smallest absolute Gasteiger partial charge is 0.0642 e. The van der Waals surface area contributed by atoms with E-state index in [1.165, 1.54) is 0 Å². The van der Waals surface area contributed by atoms with Gasteiger partial charge in [-0.2, -0.15) is 0 Å². The molecule has 0 saturated heterocycles. The van der Waals surface area contributed by atoms with Crippen LogP contribution in [0.4, 0.5) is 0 Å². The average molecular weight is 162 g/mol. The summed E-state index contributed by atoms with van der Waals surface area (Å²) in [6.45, 7) is 5.76. The van der Waals surface area contributed by atoms with Gasteiger partial charge < -0.3 is 5.73 Å². The van der Waals surface area contributed by atoms with Crippen molar-refractivity contribution in [2.24, 2.45) is 5.73 Å². The van der Waals surface area contributed by atoms with Crippen molar-refractivity contribution in [1.29, 1.82) is 0 Å². The molecule has 1 unspecified atom stereocenters. The van der Waals surface area contributed by atoms with Crippen molar-refractivity contribution in [2.75, 3.05) is 0 Å². The van der Waals surface area contributed by atoms with Crippen LogP contribution in [0.15, 0.2) is 24.9 Å². The van der Waals surface area contributed by atoms with Gasteiger partial charge in [0.1, 0.15) is 0 Å². The maximum atomic E-state index is 5.86. The number of hydrogen-bond acceptors (Lipinski definition) is 2. The molecule has 0 aromatic carbocycles. The maximum Gasteiger partial charge on any atom is 0.0642 e. The molecule has 0 amide bonds. The molecule has 0 aliphatic rings. The molecule has 0 aliphatic heterocycles. The standard InChI is InChI=1S/C10H14N2/c1-3-8-6-5-7-12-10(8)9(11)4-2/h3,5-7,9H,1,4,11H2,2H3. The molecule has 0 saturated carbocycles. The number of pyridine rings is 1. The number of rotatable bonds is 3. The first-order chi connectivity index (χ1) is 5.79. The number of hydrogen-bond donors (Lipinski definition) is 1. The van der Waals surface area contributed by atoms with E-state index in [2.05, 4.69) is 11.6 Å². The molecule has 2 N–H and O–H groups in total. The van der Waals surface area contributed by atoms with E-state index in [9.17, 15) is 0 Å². The van der Waals surface area contributed by atoms with Crippen LogP contribution in [0.3, 0.4) is 0 Å². The van der Waals surface area contributed by atoms with Crippen molar-refractivity contribution < 1.29 is 0 Å². The molecule has 1 heterocycles. The third kappa shape index (κ3) is 1.71. The highest BCUT2D eigenvalue weighted by molar-refractivity contribution is 5.50. The zero-order valence-corrected chi connectivity index (χ0v) is 7.33. The summed E-state index contributed by atoms with van der Waals surface area (Å²) in [5.41, 5.74) is 7.83. The van der Waals surface area contributed by atoms with Crippen LogP contribution in [0.5, 0.6) is 0 Å². The third-order valence-electron chi connectivity index (χ3n) is 1.88. The number of nitrogens with two attached hydrogens (primary N) is 1. The largest absolute Gasteiger partial charge is 0.323 e. The SMILES string of the molecule is C=Cc1cccnc1C(N)CC. The van der Waals surface area contributed by atoms with Crippen LogP contribution in [-0.4, -0.2) is 4.98 Å². The Hall–Kier alpha value is -1.15. The molecule has 0 bridgehead atoms. The van der Waals surface area contributed by atoms with Gasteiger partial charge in [-0.1, -0.05) is 25.6 Å². The summed E-state index contributed by atoms with van der Waals surface area (Å²) in [7, 11) is 0. The summed E-state index contributed by atoms with van der Waals surface area (Å²) in [5.74, 6) is 0. The fourth-order valence-electron chi connectivity index (χ4n) is 1.11. The fourth-order valence-corrected chi connectivity index (χ4v) is 1.11. The molecule has 2 nitrogen and oxygen atoms in total. The van der Waals surface area contributed by atoms with Gasteiger partial charge in [-0.15, -0.1) is 0 Å². The van der Waals surface area contributed by atoms with Crippen LogP contribution < -0.4 is 5.73 Å². The number of nitrogens with zero attached hydrogens (tertiary/aromatic N) is 1. The molecule has 0 aliphatic carbocycles.